The predicted octanol–water partition coefficient (Wildman–Crippen LogP) is 8.11. The van der Waals surface area contributed by atoms with Crippen LogP contribution in [-0.4, -0.2) is 62.3 Å². The average Bonchev–Trinajstić information content (AvgIpc) is 3.62. The van der Waals surface area contributed by atoms with Crippen LogP contribution in [-0.2, 0) is 34.9 Å². The topological polar surface area (TPSA) is 83.5 Å². The highest BCUT2D eigenvalue weighted by Crippen LogP contribution is 2.54. The van der Waals surface area contributed by atoms with Gasteiger partial charge in [0.2, 0.25) is 0 Å². The van der Waals surface area contributed by atoms with Crippen molar-refractivity contribution in [1.82, 2.24) is 0 Å². The molecule has 1 saturated carbocycles. The van der Waals surface area contributed by atoms with Crippen LogP contribution in [0.3, 0.4) is 0 Å². The molecule has 1 N–H and O–H groups in total. The summed E-state index contributed by atoms with van der Waals surface area (Å²) in [6, 6.07) is 9.90. The third kappa shape index (κ3) is 10.1. The van der Waals surface area contributed by atoms with Crippen LogP contribution in [0.1, 0.15) is 97.0 Å². The van der Waals surface area contributed by atoms with Gasteiger partial charge in [-0.25, -0.2) is 0 Å². The lowest BCUT2D eigenvalue weighted by atomic mass is 9.76. The van der Waals surface area contributed by atoms with Crippen molar-refractivity contribution in [2.75, 3.05) is 20.3 Å². The number of hydrogen-bond acceptors (Lipinski definition) is 7. The summed E-state index contributed by atoms with van der Waals surface area (Å²) in [5.74, 6) is 0.0714. The lowest BCUT2D eigenvalue weighted by Gasteiger charge is -2.36. The van der Waals surface area contributed by atoms with Crippen LogP contribution in [0.5, 0.6) is 0 Å². The highest BCUT2D eigenvalue weighted by molar-refractivity contribution is 5.76. The van der Waals surface area contributed by atoms with Crippen LogP contribution in [0.25, 0.3) is 0 Å². The molecule has 7 heteroatoms. The van der Waals surface area contributed by atoms with E-state index in [4.69, 9.17) is 23.7 Å². The molecule has 266 valence electrons. The van der Waals surface area contributed by atoms with Gasteiger partial charge in [-0.1, -0.05) is 65.8 Å². The maximum absolute atomic E-state index is 13.3. The molecule has 0 bridgehead atoms. The molecular formula is C41H60O7. The van der Waals surface area contributed by atoms with Crippen molar-refractivity contribution in [2.45, 2.75) is 129 Å². The van der Waals surface area contributed by atoms with E-state index in [2.05, 4.69) is 45.1 Å². The Bertz CT molecular complexity index is 1210. The van der Waals surface area contributed by atoms with E-state index in [9.17, 15) is 9.90 Å². The maximum atomic E-state index is 13.3. The standard InChI is InChI=1S/C41H60O7/c1-5-14-33(47-37-19-9-11-21-45-37)25-30(18-13-15-28(2)3)39-34-26-32(24-31(34)27-36(39)48-38-20-10-12-22-46-38)40(41(43)44-4)35(42)23-29-16-7-6-8-17-29/h5-8,14-17,26,30-31,33-40,42H,9-13,18-25,27H2,1-4H3. The zero-order valence-corrected chi connectivity index (χ0v) is 29.8. The van der Waals surface area contributed by atoms with Crippen LogP contribution < -0.4 is 0 Å². The molecule has 0 amide bonds. The van der Waals surface area contributed by atoms with Gasteiger partial charge < -0.3 is 28.8 Å². The van der Waals surface area contributed by atoms with Crippen LogP contribution in [0.15, 0.2) is 65.8 Å². The molecule has 1 aromatic rings. The first-order valence-electron chi connectivity index (χ1n) is 18.7. The van der Waals surface area contributed by atoms with E-state index in [1.165, 1.54) is 12.7 Å². The van der Waals surface area contributed by atoms with Gasteiger partial charge in [-0.2, -0.15) is 0 Å². The highest BCUT2D eigenvalue weighted by Gasteiger charge is 2.51. The van der Waals surface area contributed by atoms with Crippen LogP contribution in [0.2, 0.25) is 0 Å². The van der Waals surface area contributed by atoms with Gasteiger partial charge in [-0.15, -0.1) is 0 Å². The van der Waals surface area contributed by atoms with E-state index in [-0.39, 0.29) is 42.6 Å². The second-order valence-electron chi connectivity index (χ2n) is 14.7. The Morgan fingerprint density at radius 1 is 1.04 bits per heavy atom. The van der Waals surface area contributed by atoms with Crippen molar-refractivity contribution >= 4 is 5.97 Å². The van der Waals surface area contributed by atoms with Crippen LogP contribution in [0, 0.1) is 29.6 Å². The Balaban J connectivity index is 1.44. The number of hydrogen-bond donors (Lipinski definition) is 1. The highest BCUT2D eigenvalue weighted by atomic mass is 16.7. The summed E-state index contributed by atoms with van der Waals surface area (Å²) < 4.78 is 31.0. The molecule has 1 aromatic carbocycles. The number of allylic oxidation sites excluding steroid dienone is 4. The SMILES string of the molecule is CC=CC(CC(CCC=C(C)C)C1C(OC2CCCCO2)CC2CC(C(C(=O)OC)C(O)Cc3ccccc3)=CC21)OC1CCCCO1. The lowest BCUT2D eigenvalue weighted by molar-refractivity contribution is -0.202. The third-order valence-electron chi connectivity index (χ3n) is 10.9. The third-order valence-corrected chi connectivity index (χ3v) is 10.9. The summed E-state index contributed by atoms with van der Waals surface area (Å²) >= 11 is 0. The molecule has 2 heterocycles. The van der Waals surface area contributed by atoms with E-state index < -0.39 is 12.0 Å². The van der Waals surface area contributed by atoms with Gasteiger partial charge in [0.15, 0.2) is 12.6 Å². The van der Waals surface area contributed by atoms with E-state index in [1.54, 1.807) is 0 Å². The number of carbonyl (C=O) groups excluding carboxylic acids is 1. The minimum absolute atomic E-state index is 0.0548. The first kappa shape index (κ1) is 37.0. The van der Waals surface area contributed by atoms with Gasteiger partial charge in [0.25, 0.3) is 0 Å². The minimum atomic E-state index is -0.859. The first-order valence-corrected chi connectivity index (χ1v) is 18.7. The molecule has 48 heavy (non-hydrogen) atoms. The van der Waals surface area contributed by atoms with Gasteiger partial charge in [-0.3, -0.25) is 4.79 Å². The molecule has 7 nitrogen and oxygen atoms in total. The average molecular weight is 665 g/mol. The summed E-state index contributed by atoms with van der Waals surface area (Å²) in [4.78, 5) is 13.3. The molecule has 0 spiro atoms. The number of methoxy groups -OCH3 is 1. The number of rotatable bonds is 16. The number of ether oxygens (including phenoxy) is 5. The van der Waals surface area contributed by atoms with Gasteiger partial charge >= 0.3 is 5.97 Å². The van der Waals surface area contributed by atoms with E-state index in [1.807, 2.05) is 30.3 Å². The zero-order valence-electron chi connectivity index (χ0n) is 29.8. The predicted molar refractivity (Wildman–Crippen MR) is 188 cm³/mol. The van der Waals surface area contributed by atoms with Crippen molar-refractivity contribution in [3.8, 4) is 0 Å². The quantitative estimate of drug-likeness (QED) is 0.141. The molecule has 0 radical (unpaired) electrons. The summed E-state index contributed by atoms with van der Waals surface area (Å²) in [7, 11) is 1.43. The molecule has 2 aliphatic heterocycles. The van der Waals surface area contributed by atoms with Crippen molar-refractivity contribution in [1.29, 1.82) is 0 Å². The number of aliphatic hydroxyl groups excluding tert-OH is 1. The molecule has 0 aromatic heterocycles. The number of carbonyl (C=O) groups is 1. The minimum Gasteiger partial charge on any atom is -0.468 e. The smallest absolute Gasteiger partial charge is 0.315 e. The fraction of sp³-hybridized carbons (Fsp3) is 0.683. The number of esters is 1. The van der Waals surface area contributed by atoms with Crippen molar-refractivity contribution in [2.24, 2.45) is 29.6 Å². The van der Waals surface area contributed by atoms with Crippen molar-refractivity contribution < 1.29 is 33.6 Å². The molecule has 10 unspecified atom stereocenters. The summed E-state index contributed by atoms with van der Waals surface area (Å²) in [6.45, 7) is 7.90. The Labute approximate surface area is 289 Å². The Kier molecular flexibility index (Phi) is 14.4. The second-order valence-corrected chi connectivity index (χ2v) is 14.7. The molecule has 10 atom stereocenters. The fourth-order valence-corrected chi connectivity index (χ4v) is 8.68. The number of aliphatic hydroxyl groups is 1. The maximum Gasteiger partial charge on any atom is 0.315 e. The molecule has 5 rings (SSSR count). The van der Waals surface area contributed by atoms with E-state index >= 15 is 0 Å². The molecule has 4 aliphatic rings. The van der Waals surface area contributed by atoms with Gasteiger partial charge in [-0.05, 0) is 127 Å². The van der Waals surface area contributed by atoms with Crippen LogP contribution in [0.4, 0.5) is 0 Å². The first-order chi connectivity index (χ1) is 23.4. The summed E-state index contributed by atoms with van der Waals surface area (Å²) in [5.41, 5.74) is 3.35. The molecule has 2 saturated heterocycles. The monoisotopic (exact) mass is 664 g/mol. The molecule has 2 aliphatic carbocycles. The number of fused-ring (bicyclic) bond motifs is 1. The summed E-state index contributed by atoms with van der Waals surface area (Å²) in [6.07, 6.45) is 19.1. The Morgan fingerprint density at radius 3 is 2.42 bits per heavy atom. The normalized spacial score (nSPS) is 29.9. The Morgan fingerprint density at radius 2 is 1.77 bits per heavy atom. The van der Waals surface area contributed by atoms with Gasteiger partial charge in [0.05, 0.1) is 25.4 Å². The fourth-order valence-electron chi connectivity index (χ4n) is 8.68. The molecular weight excluding hydrogens is 604 g/mol. The van der Waals surface area contributed by atoms with E-state index in [0.717, 1.165) is 95.0 Å². The van der Waals surface area contributed by atoms with Crippen molar-refractivity contribution in [3.05, 3.63) is 71.3 Å². The zero-order chi connectivity index (χ0) is 33.9. The lowest BCUT2D eigenvalue weighted by Crippen LogP contribution is -2.37. The van der Waals surface area contributed by atoms with Gasteiger partial charge in [0.1, 0.15) is 5.92 Å². The Hall–Kier alpha value is -2.29. The summed E-state index contributed by atoms with van der Waals surface area (Å²) in [5, 5.41) is 11.5. The molecule has 3 fully saturated rings. The van der Waals surface area contributed by atoms with Gasteiger partial charge in [0, 0.05) is 13.2 Å². The largest absolute Gasteiger partial charge is 0.468 e. The van der Waals surface area contributed by atoms with Crippen molar-refractivity contribution in [3.63, 3.8) is 0 Å². The number of benzene rings is 1. The second kappa shape index (κ2) is 18.6. The van der Waals surface area contributed by atoms with Crippen LogP contribution >= 0.6 is 0 Å². The van der Waals surface area contributed by atoms with E-state index in [0.29, 0.717) is 18.3 Å².